The maximum atomic E-state index is 11.8. The SMILES string of the molecule is CCOC(=O)[C@H](CC)C(C)=NC[C@@H](O)c1ccc([N+](=O)[O-])cc1. The van der Waals surface area contributed by atoms with E-state index >= 15 is 0 Å². The summed E-state index contributed by atoms with van der Waals surface area (Å²) in [7, 11) is 0. The normalized spacial score (nSPS) is 14.2. The van der Waals surface area contributed by atoms with Crippen LogP contribution in [0.2, 0.25) is 0 Å². The summed E-state index contributed by atoms with van der Waals surface area (Å²) in [5.74, 6) is -0.736. The molecule has 0 heterocycles. The Morgan fingerprint density at radius 3 is 2.43 bits per heavy atom. The summed E-state index contributed by atoms with van der Waals surface area (Å²) in [5.41, 5.74) is 1.11. The number of nitro groups is 1. The van der Waals surface area contributed by atoms with Gasteiger partial charge in [-0.3, -0.25) is 19.9 Å². The van der Waals surface area contributed by atoms with Crippen molar-refractivity contribution in [2.75, 3.05) is 13.2 Å². The van der Waals surface area contributed by atoms with Crippen LogP contribution in [0.3, 0.4) is 0 Å². The molecule has 0 saturated carbocycles. The largest absolute Gasteiger partial charge is 0.465 e. The molecule has 1 aromatic rings. The molecule has 1 N–H and O–H groups in total. The lowest BCUT2D eigenvalue weighted by Crippen LogP contribution is -2.24. The van der Waals surface area contributed by atoms with Gasteiger partial charge in [0.05, 0.1) is 30.1 Å². The number of hydrogen-bond acceptors (Lipinski definition) is 6. The molecule has 7 heteroatoms. The Labute approximate surface area is 135 Å². The van der Waals surface area contributed by atoms with Gasteiger partial charge in [-0.1, -0.05) is 6.92 Å². The maximum Gasteiger partial charge on any atom is 0.314 e. The topological polar surface area (TPSA) is 102 Å². The van der Waals surface area contributed by atoms with Crippen LogP contribution in [0, 0.1) is 16.0 Å². The number of nitro benzene ring substituents is 1. The minimum Gasteiger partial charge on any atom is -0.465 e. The average molecular weight is 322 g/mol. The third-order valence-electron chi connectivity index (χ3n) is 3.49. The lowest BCUT2D eigenvalue weighted by Gasteiger charge is -2.14. The maximum absolute atomic E-state index is 11.8. The van der Waals surface area contributed by atoms with Crippen LogP contribution in [0.25, 0.3) is 0 Å². The summed E-state index contributed by atoms with van der Waals surface area (Å²) in [6, 6.07) is 5.66. The molecular weight excluding hydrogens is 300 g/mol. The minimum absolute atomic E-state index is 0.0333. The molecule has 1 rings (SSSR count). The van der Waals surface area contributed by atoms with E-state index in [1.807, 2.05) is 6.92 Å². The Bertz CT molecular complexity index is 568. The summed E-state index contributed by atoms with van der Waals surface area (Å²) in [6.07, 6.45) is -0.313. The van der Waals surface area contributed by atoms with Crippen molar-refractivity contribution in [1.29, 1.82) is 0 Å². The van der Waals surface area contributed by atoms with Gasteiger partial charge in [-0.05, 0) is 38.0 Å². The quantitative estimate of drug-likeness (QED) is 0.343. The third-order valence-corrected chi connectivity index (χ3v) is 3.49. The van der Waals surface area contributed by atoms with Crippen molar-refractivity contribution in [3.8, 4) is 0 Å². The van der Waals surface area contributed by atoms with Gasteiger partial charge in [-0.2, -0.15) is 0 Å². The van der Waals surface area contributed by atoms with E-state index in [1.54, 1.807) is 13.8 Å². The zero-order valence-corrected chi connectivity index (χ0v) is 13.6. The number of non-ortho nitro benzene ring substituents is 1. The van der Waals surface area contributed by atoms with E-state index in [1.165, 1.54) is 24.3 Å². The predicted molar refractivity (Wildman–Crippen MR) is 86.4 cm³/mol. The second-order valence-electron chi connectivity index (χ2n) is 5.06. The van der Waals surface area contributed by atoms with Crippen LogP contribution in [0.5, 0.6) is 0 Å². The van der Waals surface area contributed by atoms with Crippen LogP contribution < -0.4 is 0 Å². The van der Waals surface area contributed by atoms with Crippen molar-refractivity contribution in [3.63, 3.8) is 0 Å². The number of nitrogens with zero attached hydrogens (tertiary/aromatic N) is 2. The molecule has 0 bridgehead atoms. The number of aliphatic imine (C=N–C) groups is 1. The van der Waals surface area contributed by atoms with Crippen LogP contribution in [-0.2, 0) is 9.53 Å². The van der Waals surface area contributed by atoms with Gasteiger partial charge < -0.3 is 9.84 Å². The molecule has 0 aliphatic carbocycles. The second kappa shape index (κ2) is 8.99. The van der Waals surface area contributed by atoms with E-state index in [2.05, 4.69) is 4.99 Å². The number of ether oxygens (including phenoxy) is 1. The number of aliphatic hydroxyl groups is 1. The zero-order valence-electron chi connectivity index (χ0n) is 13.6. The molecule has 126 valence electrons. The zero-order chi connectivity index (χ0) is 17.4. The number of carbonyl (C=O) groups excluding carboxylic acids is 1. The van der Waals surface area contributed by atoms with Gasteiger partial charge in [0.1, 0.15) is 0 Å². The van der Waals surface area contributed by atoms with Crippen LogP contribution in [0.4, 0.5) is 5.69 Å². The summed E-state index contributed by atoms with van der Waals surface area (Å²) >= 11 is 0. The fraction of sp³-hybridized carbons (Fsp3) is 0.500. The molecule has 0 spiro atoms. The highest BCUT2D eigenvalue weighted by Gasteiger charge is 2.21. The van der Waals surface area contributed by atoms with E-state index in [4.69, 9.17) is 4.74 Å². The average Bonchev–Trinajstić information content (AvgIpc) is 2.53. The number of carbonyl (C=O) groups is 1. The number of rotatable bonds is 8. The number of benzene rings is 1. The summed E-state index contributed by atoms with van der Waals surface area (Å²) in [4.78, 5) is 26.2. The van der Waals surface area contributed by atoms with Gasteiger partial charge in [-0.25, -0.2) is 0 Å². The Balaban J connectivity index is 2.73. The molecule has 2 atom stereocenters. The Kier molecular flexibility index (Phi) is 7.34. The molecule has 23 heavy (non-hydrogen) atoms. The van der Waals surface area contributed by atoms with Crippen LogP contribution >= 0.6 is 0 Å². The van der Waals surface area contributed by atoms with Crippen molar-refractivity contribution in [3.05, 3.63) is 39.9 Å². The lowest BCUT2D eigenvalue weighted by atomic mass is 10.0. The van der Waals surface area contributed by atoms with Crippen LogP contribution in [-0.4, -0.2) is 34.9 Å². The van der Waals surface area contributed by atoms with Crippen molar-refractivity contribution >= 4 is 17.4 Å². The standard InChI is InChI=1S/C16H22N2O5/c1-4-14(16(20)23-5-2)11(3)17-10-15(19)12-6-8-13(9-7-12)18(21)22/h6-9,14-15,19H,4-5,10H2,1-3H3/t14-,15-/m1/s1. The summed E-state index contributed by atoms with van der Waals surface area (Å²) in [5, 5.41) is 20.7. The molecule has 0 aliphatic rings. The molecular formula is C16H22N2O5. The fourth-order valence-corrected chi connectivity index (χ4v) is 2.14. The van der Waals surface area contributed by atoms with Crippen molar-refractivity contribution in [2.45, 2.75) is 33.3 Å². The molecule has 7 nitrogen and oxygen atoms in total. The molecule has 0 unspecified atom stereocenters. The minimum atomic E-state index is -0.884. The lowest BCUT2D eigenvalue weighted by molar-refractivity contribution is -0.384. The van der Waals surface area contributed by atoms with E-state index in [-0.39, 0.29) is 18.2 Å². The summed E-state index contributed by atoms with van der Waals surface area (Å²) < 4.78 is 5.00. The molecule has 1 aromatic carbocycles. The molecule has 0 aliphatic heterocycles. The highest BCUT2D eigenvalue weighted by molar-refractivity contribution is 6.00. The first-order chi connectivity index (χ1) is 10.9. The smallest absolute Gasteiger partial charge is 0.314 e. The van der Waals surface area contributed by atoms with E-state index in [9.17, 15) is 20.0 Å². The number of esters is 1. The van der Waals surface area contributed by atoms with Crippen molar-refractivity contribution in [1.82, 2.24) is 0 Å². The first-order valence-electron chi connectivity index (χ1n) is 7.50. The Morgan fingerprint density at radius 1 is 1.35 bits per heavy atom. The first kappa shape index (κ1) is 18.8. The monoisotopic (exact) mass is 322 g/mol. The van der Waals surface area contributed by atoms with Gasteiger partial charge in [0, 0.05) is 17.8 Å². The van der Waals surface area contributed by atoms with E-state index < -0.39 is 16.9 Å². The second-order valence-corrected chi connectivity index (χ2v) is 5.06. The van der Waals surface area contributed by atoms with Gasteiger partial charge in [-0.15, -0.1) is 0 Å². The molecule has 0 aromatic heterocycles. The number of hydrogen-bond donors (Lipinski definition) is 1. The third kappa shape index (κ3) is 5.45. The Morgan fingerprint density at radius 2 is 1.96 bits per heavy atom. The van der Waals surface area contributed by atoms with Gasteiger partial charge >= 0.3 is 5.97 Å². The first-order valence-corrected chi connectivity index (χ1v) is 7.50. The van der Waals surface area contributed by atoms with E-state index in [0.29, 0.717) is 24.3 Å². The van der Waals surface area contributed by atoms with Crippen molar-refractivity contribution in [2.24, 2.45) is 10.9 Å². The van der Waals surface area contributed by atoms with Gasteiger partial charge in [0.25, 0.3) is 5.69 Å². The van der Waals surface area contributed by atoms with Crippen molar-refractivity contribution < 1.29 is 19.6 Å². The van der Waals surface area contributed by atoms with E-state index in [0.717, 1.165) is 0 Å². The van der Waals surface area contributed by atoms with Crippen LogP contribution in [0.15, 0.2) is 29.3 Å². The predicted octanol–water partition coefficient (Wildman–Crippen LogP) is 2.68. The Hall–Kier alpha value is -2.28. The van der Waals surface area contributed by atoms with Gasteiger partial charge in [0.2, 0.25) is 0 Å². The number of aliphatic hydroxyl groups excluding tert-OH is 1. The van der Waals surface area contributed by atoms with Crippen LogP contribution in [0.1, 0.15) is 38.9 Å². The molecule has 0 fully saturated rings. The molecule has 0 radical (unpaired) electrons. The highest BCUT2D eigenvalue weighted by atomic mass is 16.6. The summed E-state index contributed by atoms with van der Waals surface area (Å²) in [6.45, 7) is 5.74. The fourth-order valence-electron chi connectivity index (χ4n) is 2.14. The molecule has 0 saturated heterocycles. The molecule has 0 amide bonds. The van der Waals surface area contributed by atoms with Gasteiger partial charge in [0.15, 0.2) is 0 Å². The highest BCUT2D eigenvalue weighted by Crippen LogP contribution is 2.18.